The first-order valence-electron chi connectivity index (χ1n) is 3.82. The van der Waals surface area contributed by atoms with Gasteiger partial charge in [-0.25, -0.2) is 4.79 Å². The van der Waals surface area contributed by atoms with Gasteiger partial charge in [0.25, 0.3) is 0 Å². The Morgan fingerprint density at radius 3 is 3.27 bits per heavy atom. The van der Waals surface area contributed by atoms with Crippen LogP contribution >= 0.6 is 0 Å². The van der Waals surface area contributed by atoms with Crippen molar-refractivity contribution in [2.75, 3.05) is 0 Å². The topological polar surface area (TPSA) is 46.5 Å². The van der Waals surface area contributed by atoms with Crippen molar-refractivity contribution in [1.82, 2.24) is 0 Å². The van der Waals surface area contributed by atoms with Gasteiger partial charge in [0, 0.05) is 12.3 Å². The maximum absolute atomic E-state index is 10.9. The smallest absolute Gasteiger partial charge is 0.335 e. The molecule has 3 atom stereocenters. The van der Waals surface area contributed by atoms with Gasteiger partial charge in [-0.05, 0) is 6.42 Å². The van der Waals surface area contributed by atoms with Crippen molar-refractivity contribution in [2.24, 2.45) is 5.92 Å². The van der Waals surface area contributed by atoms with E-state index in [0.29, 0.717) is 0 Å². The molecule has 1 saturated heterocycles. The van der Waals surface area contributed by atoms with Gasteiger partial charge in [0.05, 0.1) is 0 Å². The lowest BCUT2D eigenvalue weighted by atomic mass is 9.87. The van der Waals surface area contributed by atoms with E-state index in [-0.39, 0.29) is 12.0 Å². The van der Waals surface area contributed by atoms with E-state index in [2.05, 4.69) is 0 Å². The van der Waals surface area contributed by atoms with Crippen molar-refractivity contribution < 1.29 is 14.6 Å². The van der Waals surface area contributed by atoms with E-state index < -0.39 is 12.1 Å². The summed E-state index contributed by atoms with van der Waals surface area (Å²) in [4.78, 5) is 10.9. The lowest BCUT2D eigenvalue weighted by molar-refractivity contribution is -0.171. The van der Waals surface area contributed by atoms with E-state index in [1.54, 1.807) is 0 Å². The molecule has 1 aliphatic heterocycles. The third-order valence-electron chi connectivity index (χ3n) is 2.25. The van der Waals surface area contributed by atoms with Gasteiger partial charge in [-0.2, -0.15) is 0 Å². The van der Waals surface area contributed by atoms with Crippen molar-refractivity contribution >= 4 is 5.97 Å². The third-order valence-corrected chi connectivity index (χ3v) is 2.25. The molecule has 1 aliphatic carbocycles. The van der Waals surface area contributed by atoms with Crippen molar-refractivity contribution in [3.8, 4) is 0 Å². The summed E-state index contributed by atoms with van der Waals surface area (Å²) in [6.45, 7) is 0. The molecule has 0 amide bonds. The fourth-order valence-corrected chi connectivity index (χ4v) is 1.62. The van der Waals surface area contributed by atoms with Gasteiger partial charge in [-0.15, -0.1) is 0 Å². The van der Waals surface area contributed by atoms with E-state index in [1.165, 1.54) is 0 Å². The van der Waals surface area contributed by atoms with Crippen LogP contribution < -0.4 is 0 Å². The van der Waals surface area contributed by atoms with E-state index in [1.807, 2.05) is 12.2 Å². The molecule has 1 fully saturated rings. The quantitative estimate of drug-likeness (QED) is 0.401. The second-order valence-corrected chi connectivity index (χ2v) is 3.07. The summed E-state index contributed by atoms with van der Waals surface area (Å²) >= 11 is 0. The predicted molar refractivity (Wildman–Crippen MR) is 37.8 cm³/mol. The lowest BCUT2D eigenvalue weighted by Gasteiger charge is -2.33. The first-order valence-corrected chi connectivity index (χ1v) is 3.82. The Kier molecular flexibility index (Phi) is 1.46. The van der Waals surface area contributed by atoms with Gasteiger partial charge in [0.1, 0.15) is 6.10 Å². The van der Waals surface area contributed by atoms with Crippen molar-refractivity contribution in [3.05, 3.63) is 12.2 Å². The largest absolute Gasteiger partial charge is 0.460 e. The fraction of sp³-hybridized carbons (Fsp3) is 0.625. The lowest BCUT2D eigenvalue weighted by Crippen LogP contribution is -2.42. The van der Waals surface area contributed by atoms with E-state index >= 15 is 0 Å². The molecule has 0 radical (unpaired) electrons. The first-order chi connectivity index (χ1) is 5.27. The average molecular weight is 154 g/mol. The molecular formula is C8H10O3. The molecule has 0 aromatic carbocycles. The summed E-state index contributed by atoms with van der Waals surface area (Å²) in [6.07, 6.45) is 4.54. The van der Waals surface area contributed by atoms with Crippen molar-refractivity contribution in [2.45, 2.75) is 25.0 Å². The molecule has 60 valence electrons. The van der Waals surface area contributed by atoms with Crippen LogP contribution in [0.2, 0.25) is 0 Å². The standard InChI is InChI=1S/C8H10O3/c9-7-5-2-1-3-6(4-5)11-8(7)10/h1-2,5-7,9H,3-4H2/t5-,6+,7-/m1/s1. The zero-order valence-electron chi connectivity index (χ0n) is 6.06. The Morgan fingerprint density at radius 1 is 1.64 bits per heavy atom. The summed E-state index contributed by atoms with van der Waals surface area (Å²) in [7, 11) is 0. The number of fused-ring (bicyclic) bond motifs is 2. The van der Waals surface area contributed by atoms with Gasteiger partial charge >= 0.3 is 5.97 Å². The minimum Gasteiger partial charge on any atom is -0.460 e. The zero-order valence-corrected chi connectivity index (χ0v) is 6.06. The number of carbonyl (C=O) groups excluding carboxylic acids is 1. The summed E-state index contributed by atoms with van der Waals surface area (Å²) in [6, 6.07) is 0. The highest BCUT2D eigenvalue weighted by atomic mass is 16.6. The van der Waals surface area contributed by atoms with Crippen LogP contribution in [-0.4, -0.2) is 23.3 Å². The molecule has 11 heavy (non-hydrogen) atoms. The van der Waals surface area contributed by atoms with E-state index in [0.717, 1.165) is 12.8 Å². The zero-order chi connectivity index (χ0) is 7.84. The number of carbonyl (C=O) groups is 1. The van der Waals surface area contributed by atoms with Crippen LogP contribution in [0.1, 0.15) is 12.8 Å². The highest BCUT2D eigenvalue weighted by Gasteiger charge is 2.36. The van der Waals surface area contributed by atoms with Crippen molar-refractivity contribution in [1.29, 1.82) is 0 Å². The Hall–Kier alpha value is -0.830. The number of esters is 1. The van der Waals surface area contributed by atoms with Crippen LogP contribution in [0.25, 0.3) is 0 Å². The second-order valence-electron chi connectivity index (χ2n) is 3.07. The van der Waals surface area contributed by atoms with Gasteiger partial charge in [0.15, 0.2) is 6.10 Å². The Bertz CT molecular complexity index is 209. The number of ether oxygens (including phenoxy) is 1. The fourth-order valence-electron chi connectivity index (χ4n) is 1.62. The summed E-state index contributed by atoms with van der Waals surface area (Å²) in [5, 5.41) is 9.26. The molecule has 2 aliphatic rings. The van der Waals surface area contributed by atoms with Crippen LogP contribution in [0.5, 0.6) is 0 Å². The van der Waals surface area contributed by atoms with E-state index in [4.69, 9.17) is 4.74 Å². The third kappa shape index (κ3) is 1.05. The van der Waals surface area contributed by atoms with Crippen LogP contribution in [0.15, 0.2) is 12.2 Å². The van der Waals surface area contributed by atoms with Gasteiger partial charge in [-0.3, -0.25) is 0 Å². The van der Waals surface area contributed by atoms with E-state index in [9.17, 15) is 9.90 Å². The molecule has 0 aromatic rings. The molecule has 2 rings (SSSR count). The summed E-state index contributed by atoms with van der Waals surface area (Å²) < 4.78 is 4.93. The molecule has 1 N–H and O–H groups in total. The van der Waals surface area contributed by atoms with Crippen LogP contribution in [0.4, 0.5) is 0 Å². The monoisotopic (exact) mass is 154 g/mol. The van der Waals surface area contributed by atoms with Gasteiger partial charge in [-0.1, -0.05) is 12.2 Å². The minimum atomic E-state index is -0.928. The van der Waals surface area contributed by atoms with Crippen LogP contribution in [0, 0.1) is 5.92 Å². The van der Waals surface area contributed by atoms with Crippen LogP contribution in [-0.2, 0) is 9.53 Å². The molecule has 0 aromatic heterocycles. The van der Waals surface area contributed by atoms with Crippen LogP contribution in [0.3, 0.4) is 0 Å². The Morgan fingerprint density at radius 2 is 2.45 bits per heavy atom. The Balaban J connectivity index is 2.22. The van der Waals surface area contributed by atoms with Gasteiger partial charge < -0.3 is 9.84 Å². The molecule has 0 spiro atoms. The normalized spacial score (nSPS) is 41.9. The SMILES string of the molecule is O=C1O[C@H]2CC=C[C@H](C2)[C@H]1O. The molecule has 0 saturated carbocycles. The number of hydrogen-bond donors (Lipinski definition) is 1. The molecule has 3 nitrogen and oxygen atoms in total. The molecule has 0 unspecified atom stereocenters. The molecule has 1 heterocycles. The number of aliphatic hydroxyl groups is 1. The maximum Gasteiger partial charge on any atom is 0.335 e. The number of rotatable bonds is 0. The summed E-state index contributed by atoms with van der Waals surface area (Å²) in [5.41, 5.74) is 0. The molecule has 3 heteroatoms. The molecule has 2 bridgehead atoms. The molecular weight excluding hydrogens is 144 g/mol. The summed E-state index contributed by atoms with van der Waals surface area (Å²) in [5.74, 6) is -0.467. The predicted octanol–water partition coefficient (Wildman–Crippen LogP) is 0.239. The maximum atomic E-state index is 10.9. The minimum absolute atomic E-state index is 0.00463. The van der Waals surface area contributed by atoms with Crippen molar-refractivity contribution in [3.63, 3.8) is 0 Å². The number of aliphatic hydroxyl groups excluding tert-OH is 1. The highest BCUT2D eigenvalue weighted by molar-refractivity contribution is 5.76. The van der Waals surface area contributed by atoms with Gasteiger partial charge in [0.2, 0.25) is 0 Å². The highest BCUT2D eigenvalue weighted by Crippen LogP contribution is 2.28. The Labute approximate surface area is 64.7 Å². The average Bonchev–Trinajstić information content (AvgIpc) is 2.01. The number of hydrogen-bond acceptors (Lipinski definition) is 3. The first kappa shape index (κ1) is 6.85. The second kappa shape index (κ2) is 2.34.